The Labute approximate surface area is 227 Å². The Hall–Kier alpha value is -2.62. The van der Waals surface area contributed by atoms with Gasteiger partial charge in [-0.3, -0.25) is 9.10 Å². The number of nitrogens with one attached hydrogen (secondary N) is 3. The highest BCUT2D eigenvalue weighted by atomic mass is 32.2. The van der Waals surface area contributed by atoms with Gasteiger partial charge in [0.2, 0.25) is 10.0 Å². The maximum Gasteiger partial charge on any atom is 0.251 e. The molecule has 1 saturated carbocycles. The molecule has 0 bridgehead atoms. The summed E-state index contributed by atoms with van der Waals surface area (Å²) in [4.78, 5) is 13.6. The van der Waals surface area contributed by atoms with E-state index in [9.17, 15) is 18.3 Å². The second-order valence-corrected chi connectivity index (χ2v) is 12.7. The topological polar surface area (TPSA) is 111 Å². The van der Waals surface area contributed by atoms with Crippen LogP contribution in [0.15, 0.2) is 48.5 Å². The van der Waals surface area contributed by atoms with Crippen LogP contribution in [0.25, 0.3) is 0 Å². The summed E-state index contributed by atoms with van der Waals surface area (Å²) in [6, 6.07) is 14.5. The van der Waals surface area contributed by atoms with Gasteiger partial charge in [-0.25, -0.2) is 8.42 Å². The van der Waals surface area contributed by atoms with Crippen molar-refractivity contribution in [2.24, 2.45) is 0 Å². The van der Waals surface area contributed by atoms with Crippen LogP contribution < -0.4 is 20.3 Å². The summed E-state index contributed by atoms with van der Waals surface area (Å²) in [5, 5.41) is 21.1. The number of amides is 1. The van der Waals surface area contributed by atoms with Gasteiger partial charge in [-0.1, -0.05) is 43.7 Å². The van der Waals surface area contributed by atoms with E-state index in [0.717, 1.165) is 37.7 Å². The number of anilines is 2. The van der Waals surface area contributed by atoms with Gasteiger partial charge in [0.15, 0.2) is 0 Å². The van der Waals surface area contributed by atoms with Crippen molar-refractivity contribution in [3.8, 4) is 0 Å². The van der Waals surface area contributed by atoms with Crippen molar-refractivity contribution in [1.29, 1.82) is 0 Å². The predicted octanol–water partition coefficient (Wildman–Crippen LogP) is 3.67. The van der Waals surface area contributed by atoms with E-state index < -0.39 is 22.2 Å². The van der Waals surface area contributed by atoms with Crippen LogP contribution in [0.5, 0.6) is 0 Å². The second kappa shape index (κ2) is 12.5. The van der Waals surface area contributed by atoms with Gasteiger partial charge < -0.3 is 21.1 Å². The van der Waals surface area contributed by atoms with Crippen LogP contribution in [0.1, 0.15) is 68.3 Å². The molecule has 2 fully saturated rings. The minimum atomic E-state index is -3.42. The number of hydrogen-bond donors (Lipinski definition) is 4. The predicted molar refractivity (Wildman–Crippen MR) is 153 cm³/mol. The Morgan fingerprint density at radius 2 is 1.87 bits per heavy atom. The largest absolute Gasteiger partial charge is 0.390 e. The molecular weight excluding hydrogens is 500 g/mol. The molecule has 0 radical (unpaired) electrons. The quantitative estimate of drug-likeness (QED) is 0.307. The number of sulfonamides is 1. The van der Waals surface area contributed by atoms with E-state index in [1.165, 1.54) is 4.31 Å². The lowest BCUT2D eigenvalue weighted by atomic mass is 9.99. The molecule has 1 saturated heterocycles. The monoisotopic (exact) mass is 542 g/mol. The SMILES string of the molecule is CCCC1(NC[C@@H](O)[C@H](Cc2ccccc2)NC(=O)c2cc(NCC)cc(N3CCCCS3(=O)=O)c2)CC1. The van der Waals surface area contributed by atoms with Crippen LogP contribution in [-0.4, -0.2) is 62.5 Å². The van der Waals surface area contributed by atoms with Gasteiger partial charge in [0.1, 0.15) is 0 Å². The van der Waals surface area contributed by atoms with Crippen LogP contribution in [0, 0.1) is 0 Å². The second-order valence-electron chi connectivity index (χ2n) is 10.6. The zero-order chi connectivity index (χ0) is 27.2. The van der Waals surface area contributed by atoms with Crippen LogP contribution in [-0.2, 0) is 16.4 Å². The molecule has 1 heterocycles. The third-order valence-electron chi connectivity index (χ3n) is 7.55. The van der Waals surface area contributed by atoms with Gasteiger partial charge in [-0.15, -0.1) is 0 Å². The van der Waals surface area contributed by atoms with Crippen molar-refractivity contribution < 1.29 is 18.3 Å². The van der Waals surface area contributed by atoms with Gasteiger partial charge in [-0.2, -0.15) is 0 Å². The molecule has 208 valence electrons. The van der Waals surface area contributed by atoms with Gasteiger partial charge in [-0.05, 0) is 69.2 Å². The standard InChI is InChI=1S/C29H42N4O4S/c1-3-12-29(13-14-29)31-21-27(34)26(17-22-10-6-5-7-11-22)32-28(35)23-18-24(30-4-2)20-25(19-23)33-15-8-9-16-38(33,36)37/h5-7,10-11,18-20,26-27,30-31,34H,3-4,8-9,12-17,21H2,1-2H3,(H,32,35)/t26-,27+/m0/s1. The van der Waals surface area contributed by atoms with E-state index in [4.69, 9.17) is 0 Å². The molecule has 2 atom stereocenters. The highest BCUT2D eigenvalue weighted by Crippen LogP contribution is 2.39. The summed E-state index contributed by atoms with van der Waals surface area (Å²) < 4.78 is 27.0. The third-order valence-corrected chi connectivity index (χ3v) is 9.42. The molecule has 0 spiro atoms. The van der Waals surface area contributed by atoms with Crippen molar-refractivity contribution in [3.63, 3.8) is 0 Å². The van der Waals surface area contributed by atoms with Crippen molar-refractivity contribution in [3.05, 3.63) is 59.7 Å². The zero-order valence-corrected chi connectivity index (χ0v) is 23.4. The molecule has 9 heteroatoms. The highest BCUT2D eigenvalue weighted by molar-refractivity contribution is 7.92. The molecular formula is C29H42N4O4S. The number of hydrogen-bond acceptors (Lipinski definition) is 6. The molecule has 0 unspecified atom stereocenters. The van der Waals surface area contributed by atoms with E-state index >= 15 is 0 Å². The molecule has 4 rings (SSSR count). The highest BCUT2D eigenvalue weighted by Gasteiger charge is 2.41. The van der Waals surface area contributed by atoms with Crippen LogP contribution >= 0.6 is 0 Å². The zero-order valence-electron chi connectivity index (χ0n) is 22.6. The van der Waals surface area contributed by atoms with Crippen LogP contribution in [0.3, 0.4) is 0 Å². The fraction of sp³-hybridized carbons (Fsp3) is 0.552. The Morgan fingerprint density at radius 1 is 1.11 bits per heavy atom. The fourth-order valence-corrected chi connectivity index (χ4v) is 6.91. The molecule has 2 aromatic rings. The maximum atomic E-state index is 13.6. The average molecular weight is 543 g/mol. The summed E-state index contributed by atoms with van der Waals surface area (Å²) in [5.41, 5.74) is 2.68. The average Bonchev–Trinajstić information content (AvgIpc) is 3.67. The van der Waals surface area contributed by atoms with Crippen molar-refractivity contribution in [2.75, 3.05) is 35.0 Å². The molecule has 2 aromatic carbocycles. The summed E-state index contributed by atoms with van der Waals surface area (Å²) in [7, 11) is -3.42. The molecule has 1 aliphatic carbocycles. The van der Waals surface area contributed by atoms with Gasteiger partial charge in [0.25, 0.3) is 5.91 Å². The Kier molecular flexibility index (Phi) is 9.33. The van der Waals surface area contributed by atoms with Crippen molar-refractivity contribution in [2.45, 2.75) is 76.5 Å². The first kappa shape index (κ1) is 28.4. The third kappa shape index (κ3) is 7.27. The van der Waals surface area contributed by atoms with Gasteiger partial charge in [0.05, 0.1) is 23.6 Å². The lowest BCUT2D eigenvalue weighted by molar-refractivity contribution is 0.0821. The fourth-order valence-electron chi connectivity index (χ4n) is 5.28. The first-order valence-electron chi connectivity index (χ1n) is 13.9. The molecule has 2 aliphatic rings. The summed E-state index contributed by atoms with van der Waals surface area (Å²) in [5.74, 6) is -0.229. The molecule has 0 aromatic heterocycles. The number of aliphatic hydroxyl groups is 1. The first-order valence-corrected chi connectivity index (χ1v) is 15.5. The number of carbonyl (C=O) groups is 1. The van der Waals surface area contributed by atoms with Gasteiger partial charge >= 0.3 is 0 Å². The first-order chi connectivity index (χ1) is 18.2. The van der Waals surface area contributed by atoms with E-state index in [1.54, 1.807) is 18.2 Å². The molecule has 1 aliphatic heterocycles. The smallest absolute Gasteiger partial charge is 0.251 e. The van der Waals surface area contributed by atoms with E-state index in [-0.39, 0.29) is 17.2 Å². The summed E-state index contributed by atoms with van der Waals surface area (Å²) in [6.07, 6.45) is 5.52. The van der Waals surface area contributed by atoms with E-state index in [1.807, 2.05) is 37.3 Å². The number of rotatable bonds is 13. The lowest BCUT2D eigenvalue weighted by Crippen LogP contribution is -2.50. The Morgan fingerprint density at radius 3 is 2.53 bits per heavy atom. The molecule has 38 heavy (non-hydrogen) atoms. The minimum Gasteiger partial charge on any atom is -0.390 e. The number of aliphatic hydroxyl groups excluding tert-OH is 1. The van der Waals surface area contributed by atoms with Crippen LogP contribution in [0.2, 0.25) is 0 Å². The summed E-state index contributed by atoms with van der Waals surface area (Å²) >= 11 is 0. The molecule has 1 amide bonds. The van der Waals surface area contributed by atoms with Gasteiger partial charge in [0, 0.05) is 36.4 Å². The van der Waals surface area contributed by atoms with E-state index in [0.29, 0.717) is 49.4 Å². The van der Waals surface area contributed by atoms with E-state index in [2.05, 4.69) is 22.9 Å². The minimum absolute atomic E-state index is 0.109. The number of benzene rings is 2. The number of carbonyl (C=O) groups excluding carboxylic acids is 1. The lowest BCUT2D eigenvalue weighted by Gasteiger charge is -2.29. The van der Waals surface area contributed by atoms with Crippen LogP contribution in [0.4, 0.5) is 11.4 Å². The number of nitrogens with zero attached hydrogens (tertiary/aromatic N) is 1. The Bertz CT molecular complexity index is 1180. The van der Waals surface area contributed by atoms with Crippen molar-refractivity contribution >= 4 is 27.3 Å². The molecule has 8 nitrogen and oxygen atoms in total. The normalized spacial score (nSPS) is 19.4. The summed E-state index contributed by atoms with van der Waals surface area (Å²) in [6.45, 7) is 5.56. The Balaban J connectivity index is 1.56. The number of β-amino-alcohol motifs (C(OH)–C–C–N with tert-alkyl or cyclic N) is 1. The maximum absolute atomic E-state index is 13.6. The molecule has 4 N–H and O–H groups in total. The van der Waals surface area contributed by atoms with Crippen molar-refractivity contribution in [1.82, 2.24) is 10.6 Å².